The summed E-state index contributed by atoms with van der Waals surface area (Å²) < 4.78 is 28.3. The van der Waals surface area contributed by atoms with Crippen molar-refractivity contribution in [2.45, 2.75) is 199 Å². The van der Waals surface area contributed by atoms with E-state index in [1.54, 1.807) is 0 Å². The first-order valence-corrected chi connectivity index (χ1v) is 32.2. The van der Waals surface area contributed by atoms with Crippen molar-refractivity contribution in [3.63, 3.8) is 0 Å². The van der Waals surface area contributed by atoms with Gasteiger partial charge in [0.05, 0.1) is 6.10 Å². The fourth-order valence-electron chi connectivity index (χ4n) is 7.25. The summed E-state index contributed by atoms with van der Waals surface area (Å²) in [5.41, 5.74) is 0. The van der Waals surface area contributed by atoms with Crippen LogP contribution in [-0.2, 0) is 17.7 Å². The van der Waals surface area contributed by atoms with Crippen LogP contribution >= 0.6 is 0 Å². The molecule has 2 rings (SSSR count). The van der Waals surface area contributed by atoms with E-state index in [-0.39, 0.29) is 27.3 Å². The van der Waals surface area contributed by atoms with Crippen molar-refractivity contribution in [3.05, 3.63) is 72.8 Å². The number of aliphatic hydroxyl groups is 1. The quantitative estimate of drug-likeness (QED) is 0.0648. The highest BCUT2D eigenvalue weighted by Gasteiger charge is 2.50. The largest absolute Gasteiger partial charge is 0.417 e. The molecule has 3 atom stereocenters. The zero-order chi connectivity index (χ0) is 42.5. The standard InChI is InChI=1S/C47H86O5Si4/c1-17-55(18-2,19-3)52-41(34-33-40(48)28-26-27-38-49-53(13,14)45(4,5)6)35-36-42(51-54(15,16)46(7,8)9)37-39-50-56(47(10,11)12,43-29-22-20-23-30-43)44-31-24-21-25-32-44/h20-26,28-32,40-42,48H,17-19,27,33-39H2,1-16H3/b28-26-. The molecule has 0 aliphatic heterocycles. The Morgan fingerprint density at radius 1 is 0.554 bits per heavy atom. The van der Waals surface area contributed by atoms with Crippen LogP contribution in [0.5, 0.6) is 0 Å². The number of benzene rings is 2. The fraction of sp³-hybridized carbons (Fsp3) is 0.702. The molecular weight excluding hydrogens is 757 g/mol. The third-order valence-electron chi connectivity index (χ3n) is 13.3. The lowest BCUT2D eigenvalue weighted by Crippen LogP contribution is -2.66. The van der Waals surface area contributed by atoms with Crippen LogP contribution in [0.25, 0.3) is 0 Å². The minimum Gasteiger partial charge on any atom is -0.417 e. The monoisotopic (exact) mass is 843 g/mol. The molecule has 0 saturated heterocycles. The number of hydrogen-bond acceptors (Lipinski definition) is 5. The molecule has 2 aromatic rings. The van der Waals surface area contributed by atoms with E-state index in [0.29, 0.717) is 19.6 Å². The third-order valence-corrected chi connectivity index (χ3v) is 32.1. The van der Waals surface area contributed by atoms with Gasteiger partial charge in [-0.2, -0.15) is 0 Å². The lowest BCUT2D eigenvalue weighted by atomic mass is 10.0. The first-order valence-electron chi connectivity index (χ1n) is 22.0. The molecule has 5 nitrogen and oxygen atoms in total. The van der Waals surface area contributed by atoms with Gasteiger partial charge in [0.1, 0.15) is 0 Å². The molecule has 0 spiro atoms. The molecule has 1 N–H and O–H groups in total. The van der Waals surface area contributed by atoms with E-state index in [9.17, 15) is 5.11 Å². The highest BCUT2D eigenvalue weighted by Crippen LogP contribution is 2.40. The van der Waals surface area contributed by atoms with Crippen LogP contribution in [0.2, 0.25) is 59.4 Å². The van der Waals surface area contributed by atoms with Crippen molar-refractivity contribution in [2.24, 2.45) is 0 Å². The van der Waals surface area contributed by atoms with E-state index in [2.05, 4.69) is 176 Å². The predicted molar refractivity (Wildman–Crippen MR) is 254 cm³/mol. The number of hydrogen-bond donors (Lipinski definition) is 1. The molecule has 0 amide bonds. The lowest BCUT2D eigenvalue weighted by Gasteiger charge is -2.44. The predicted octanol–water partition coefficient (Wildman–Crippen LogP) is 12.6. The van der Waals surface area contributed by atoms with Gasteiger partial charge >= 0.3 is 0 Å². The summed E-state index contributed by atoms with van der Waals surface area (Å²) in [7, 11) is -8.40. The summed E-state index contributed by atoms with van der Waals surface area (Å²) in [6.07, 6.45) is 8.77. The molecule has 3 unspecified atom stereocenters. The molecule has 320 valence electrons. The van der Waals surface area contributed by atoms with E-state index >= 15 is 0 Å². The zero-order valence-corrected chi connectivity index (χ0v) is 43.0. The van der Waals surface area contributed by atoms with Crippen LogP contribution in [0.1, 0.15) is 122 Å². The first kappa shape index (κ1) is 51.0. The molecule has 0 heterocycles. The van der Waals surface area contributed by atoms with Crippen molar-refractivity contribution in [1.29, 1.82) is 0 Å². The molecular formula is C47H86O5Si4. The van der Waals surface area contributed by atoms with Gasteiger partial charge in [0, 0.05) is 25.4 Å². The van der Waals surface area contributed by atoms with Gasteiger partial charge in [-0.25, -0.2) is 0 Å². The van der Waals surface area contributed by atoms with Crippen LogP contribution < -0.4 is 10.4 Å². The van der Waals surface area contributed by atoms with E-state index in [4.69, 9.17) is 17.7 Å². The normalized spacial score (nSPS) is 15.7. The maximum atomic E-state index is 11.1. The fourth-order valence-corrected chi connectivity index (χ4v) is 17.3. The Balaban J connectivity index is 2.33. The van der Waals surface area contributed by atoms with Gasteiger partial charge in [0.15, 0.2) is 25.0 Å². The van der Waals surface area contributed by atoms with E-state index in [1.165, 1.54) is 10.4 Å². The summed E-state index contributed by atoms with van der Waals surface area (Å²) in [5, 5.41) is 14.0. The second-order valence-electron chi connectivity index (χ2n) is 20.3. The summed E-state index contributed by atoms with van der Waals surface area (Å²) in [5.74, 6) is 0. The minimum atomic E-state index is -2.67. The Kier molecular flexibility index (Phi) is 20.0. The highest BCUT2D eigenvalue weighted by atomic mass is 28.4. The molecule has 2 aromatic carbocycles. The number of rotatable bonds is 24. The van der Waals surface area contributed by atoms with Gasteiger partial charge in [-0.1, -0.05) is 156 Å². The molecule has 56 heavy (non-hydrogen) atoms. The van der Waals surface area contributed by atoms with Crippen molar-refractivity contribution >= 4 is 43.6 Å². The Bertz CT molecular complexity index is 1360. The summed E-state index contributed by atoms with van der Waals surface area (Å²) >= 11 is 0. The second-order valence-corrected chi connectivity index (χ2v) is 38.9. The second kappa shape index (κ2) is 21.9. The van der Waals surface area contributed by atoms with Gasteiger partial charge in [-0.15, -0.1) is 0 Å². The maximum absolute atomic E-state index is 11.1. The maximum Gasteiger partial charge on any atom is 0.261 e. The summed E-state index contributed by atoms with van der Waals surface area (Å²) in [6.45, 7) is 38.5. The third kappa shape index (κ3) is 14.5. The van der Waals surface area contributed by atoms with Gasteiger partial charge < -0.3 is 22.8 Å². The van der Waals surface area contributed by atoms with E-state index < -0.39 is 39.4 Å². The topological polar surface area (TPSA) is 57.2 Å². The van der Waals surface area contributed by atoms with Gasteiger partial charge in [0.2, 0.25) is 0 Å². The Hall–Kier alpha value is -1.15. The van der Waals surface area contributed by atoms with Crippen LogP contribution in [-0.4, -0.2) is 69.9 Å². The molecule has 0 aliphatic carbocycles. The number of aliphatic hydroxyl groups excluding tert-OH is 1. The Morgan fingerprint density at radius 2 is 1.00 bits per heavy atom. The summed E-state index contributed by atoms with van der Waals surface area (Å²) in [4.78, 5) is 0. The lowest BCUT2D eigenvalue weighted by molar-refractivity contribution is 0.0954. The van der Waals surface area contributed by atoms with Crippen LogP contribution in [0.3, 0.4) is 0 Å². The SMILES string of the molecule is CC[Si](CC)(CC)OC(CCC(O)/C=C\CCO[Si](C)(C)C(C)(C)C)CCC(CCO[Si](c1ccccc1)(c1ccccc1)C(C)(C)C)O[Si](C)(C)C(C)(C)C. The smallest absolute Gasteiger partial charge is 0.261 e. The van der Waals surface area contributed by atoms with Crippen LogP contribution in [0.15, 0.2) is 72.8 Å². The van der Waals surface area contributed by atoms with E-state index in [0.717, 1.165) is 50.2 Å². The molecule has 9 heteroatoms. The molecule has 0 bridgehead atoms. The Labute approximate surface area is 350 Å². The molecule has 0 fully saturated rings. The van der Waals surface area contributed by atoms with Crippen molar-refractivity contribution in [1.82, 2.24) is 0 Å². The average Bonchev–Trinajstić information content (AvgIpc) is 3.12. The van der Waals surface area contributed by atoms with Gasteiger partial charge in [0.25, 0.3) is 8.32 Å². The van der Waals surface area contributed by atoms with E-state index in [1.807, 2.05) is 6.08 Å². The van der Waals surface area contributed by atoms with Crippen molar-refractivity contribution in [3.8, 4) is 0 Å². The van der Waals surface area contributed by atoms with Crippen molar-refractivity contribution in [2.75, 3.05) is 13.2 Å². The van der Waals surface area contributed by atoms with Gasteiger partial charge in [-0.3, -0.25) is 0 Å². The van der Waals surface area contributed by atoms with Crippen LogP contribution in [0.4, 0.5) is 0 Å². The molecule has 0 aliphatic rings. The zero-order valence-electron chi connectivity index (χ0n) is 39.0. The van der Waals surface area contributed by atoms with Gasteiger partial charge in [-0.05, 0) is 108 Å². The Morgan fingerprint density at radius 3 is 1.43 bits per heavy atom. The average molecular weight is 844 g/mol. The molecule has 0 saturated carbocycles. The van der Waals surface area contributed by atoms with Crippen molar-refractivity contribution < 1.29 is 22.8 Å². The first-order chi connectivity index (χ1) is 25.9. The molecule has 0 radical (unpaired) electrons. The highest BCUT2D eigenvalue weighted by molar-refractivity contribution is 6.99. The molecule has 0 aromatic heterocycles. The minimum absolute atomic E-state index is 0.0619. The summed E-state index contributed by atoms with van der Waals surface area (Å²) in [6, 6.07) is 25.3. The van der Waals surface area contributed by atoms with Crippen LogP contribution in [0, 0.1) is 0 Å².